The Kier molecular flexibility index (Phi) is 3.62. The maximum atomic E-state index is 12.1. The SMILES string of the molecule is Cc1ccn2c(C(=O)NCCC3CCCC3)nnc2n1. The second-order valence-electron chi connectivity index (χ2n) is 5.46. The molecule has 6 nitrogen and oxygen atoms in total. The Morgan fingerprint density at radius 1 is 1.40 bits per heavy atom. The molecule has 0 unspecified atom stereocenters. The van der Waals surface area contributed by atoms with Crippen molar-refractivity contribution in [3.05, 3.63) is 23.8 Å². The van der Waals surface area contributed by atoms with Crippen LogP contribution in [0, 0.1) is 12.8 Å². The molecule has 6 heteroatoms. The Balaban J connectivity index is 1.63. The van der Waals surface area contributed by atoms with Gasteiger partial charge < -0.3 is 5.32 Å². The molecular weight excluding hydrogens is 254 g/mol. The minimum Gasteiger partial charge on any atom is -0.349 e. The molecule has 0 bridgehead atoms. The fourth-order valence-corrected chi connectivity index (χ4v) is 2.80. The van der Waals surface area contributed by atoms with Gasteiger partial charge in [-0.1, -0.05) is 25.7 Å². The maximum absolute atomic E-state index is 12.1. The van der Waals surface area contributed by atoms with Crippen molar-refractivity contribution in [2.45, 2.75) is 39.0 Å². The predicted molar refractivity (Wildman–Crippen MR) is 74.4 cm³/mol. The van der Waals surface area contributed by atoms with Crippen molar-refractivity contribution in [1.29, 1.82) is 0 Å². The highest BCUT2D eigenvalue weighted by Crippen LogP contribution is 2.26. The van der Waals surface area contributed by atoms with Gasteiger partial charge in [0.1, 0.15) is 0 Å². The lowest BCUT2D eigenvalue weighted by molar-refractivity contribution is 0.0940. The van der Waals surface area contributed by atoms with Gasteiger partial charge in [0.2, 0.25) is 5.82 Å². The second-order valence-corrected chi connectivity index (χ2v) is 5.46. The quantitative estimate of drug-likeness (QED) is 0.921. The lowest BCUT2D eigenvalue weighted by atomic mass is 10.0. The minimum absolute atomic E-state index is 0.179. The summed E-state index contributed by atoms with van der Waals surface area (Å²) in [5.74, 6) is 1.36. The van der Waals surface area contributed by atoms with E-state index in [-0.39, 0.29) is 5.91 Å². The number of hydrogen-bond acceptors (Lipinski definition) is 4. The molecule has 0 aromatic carbocycles. The van der Waals surface area contributed by atoms with Gasteiger partial charge in [-0.25, -0.2) is 4.98 Å². The molecule has 0 radical (unpaired) electrons. The lowest BCUT2D eigenvalue weighted by Gasteiger charge is -2.09. The number of aryl methyl sites for hydroxylation is 1. The topological polar surface area (TPSA) is 72.2 Å². The summed E-state index contributed by atoms with van der Waals surface area (Å²) in [5, 5.41) is 10.8. The van der Waals surface area contributed by atoms with Crippen molar-refractivity contribution in [2.24, 2.45) is 5.92 Å². The van der Waals surface area contributed by atoms with E-state index in [4.69, 9.17) is 0 Å². The first kappa shape index (κ1) is 13.0. The van der Waals surface area contributed by atoms with E-state index in [1.807, 2.05) is 13.0 Å². The number of hydrogen-bond donors (Lipinski definition) is 1. The first-order valence-corrected chi connectivity index (χ1v) is 7.20. The summed E-state index contributed by atoms with van der Waals surface area (Å²) in [6, 6.07) is 1.84. The summed E-state index contributed by atoms with van der Waals surface area (Å²) in [4.78, 5) is 16.3. The molecule has 2 aromatic rings. The van der Waals surface area contributed by atoms with Crippen LogP contribution in [0.5, 0.6) is 0 Å². The number of aromatic nitrogens is 4. The molecule has 1 saturated carbocycles. The Morgan fingerprint density at radius 3 is 3.00 bits per heavy atom. The van der Waals surface area contributed by atoms with Crippen molar-refractivity contribution in [2.75, 3.05) is 6.54 Å². The van der Waals surface area contributed by atoms with E-state index in [9.17, 15) is 4.79 Å². The minimum atomic E-state index is -0.179. The van der Waals surface area contributed by atoms with E-state index in [1.54, 1.807) is 10.6 Å². The van der Waals surface area contributed by atoms with Crippen molar-refractivity contribution in [3.63, 3.8) is 0 Å². The molecule has 2 heterocycles. The summed E-state index contributed by atoms with van der Waals surface area (Å²) in [6.45, 7) is 2.59. The Bertz CT molecular complexity index is 615. The van der Waals surface area contributed by atoms with Crippen LogP contribution in [0.15, 0.2) is 12.3 Å². The number of nitrogens with one attached hydrogen (secondary N) is 1. The van der Waals surface area contributed by atoms with Gasteiger partial charge in [0.25, 0.3) is 11.7 Å². The molecule has 1 aliphatic carbocycles. The van der Waals surface area contributed by atoms with Gasteiger partial charge in [-0.3, -0.25) is 9.20 Å². The number of rotatable bonds is 4. The van der Waals surface area contributed by atoms with Gasteiger partial charge in [-0.15, -0.1) is 10.2 Å². The van der Waals surface area contributed by atoms with Crippen LogP contribution in [0.4, 0.5) is 0 Å². The first-order chi connectivity index (χ1) is 9.74. The van der Waals surface area contributed by atoms with E-state index < -0.39 is 0 Å². The summed E-state index contributed by atoms with van der Waals surface area (Å²) in [5.41, 5.74) is 0.859. The molecule has 20 heavy (non-hydrogen) atoms. The van der Waals surface area contributed by atoms with Crippen molar-refractivity contribution >= 4 is 11.7 Å². The third kappa shape index (κ3) is 2.64. The standard InChI is InChI=1S/C14H19N5O/c1-10-7-9-19-12(17-18-14(19)16-10)13(20)15-8-6-11-4-2-3-5-11/h7,9,11H,2-6,8H2,1H3,(H,15,20). The predicted octanol–water partition coefficient (Wildman–Crippen LogP) is 1.74. The average molecular weight is 273 g/mol. The Hall–Kier alpha value is -1.98. The van der Waals surface area contributed by atoms with Crippen LogP contribution in [0.2, 0.25) is 0 Å². The van der Waals surface area contributed by atoms with Gasteiger partial charge in [0.15, 0.2) is 0 Å². The molecule has 2 aromatic heterocycles. The molecule has 0 spiro atoms. The van der Waals surface area contributed by atoms with Gasteiger partial charge in [-0.05, 0) is 25.3 Å². The summed E-state index contributed by atoms with van der Waals surface area (Å²) in [7, 11) is 0. The van der Waals surface area contributed by atoms with Crippen LogP contribution < -0.4 is 5.32 Å². The van der Waals surface area contributed by atoms with E-state index in [0.29, 0.717) is 18.1 Å². The number of amides is 1. The number of carbonyl (C=O) groups is 1. The first-order valence-electron chi connectivity index (χ1n) is 7.20. The smallest absolute Gasteiger partial charge is 0.289 e. The van der Waals surface area contributed by atoms with Crippen LogP contribution in [0.3, 0.4) is 0 Å². The zero-order valence-electron chi connectivity index (χ0n) is 11.7. The van der Waals surface area contributed by atoms with Gasteiger partial charge in [0, 0.05) is 18.4 Å². The fourth-order valence-electron chi connectivity index (χ4n) is 2.80. The molecule has 3 rings (SSSR count). The Morgan fingerprint density at radius 2 is 2.20 bits per heavy atom. The number of nitrogens with zero attached hydrogens (tertiary/aromatic N) is 4. The summed E-state index contributed by atoms with van der Waals surface area (Å²) < 4.78 is 1.62. The van der Waals surface area contributed by atoms with Crippen LogP contribution >= 0.6 is 0 Å². The van der Waals surface area contributed by atoms with Crippen LogP contribution in [0.1, 0.15) is 48.4 Å². The lowest BCUT2D eigenvalue weighted by Crippen LogP contribution is -2.27. The maximum Gasteiger partial charge on any atom is 0.289 e. The zero-order chi connectivity index (χ0) is 13.9. The highest BCUT2D eigenvalue weighted by atomic mass is 16.2. The van der Waals surface area contributed by atoms with Gasteiger partial charge in [0.05, 0.1) is 0 Å². The third-order valence-electron chi connectivity index (χ3n) is 3.93. The van der Waals surface area contributed by atoms with Crippen LogP contribution in [-0.2, 0) is 0 Å². The molecule has 0 saturated heterocycles. The van der Waals surface area contributed by atoms with E-state index >= 15 is 0 Å². The van der Waals surface area contributed by atoms with E-state index in [0.717, 1.165) is 18.0 Å². The highest BCUT2D eigenvalue weighted by molar-refractivity contribution is 5.91. The molecule has 1 N–H and O–H groups in total. The molecule has 1 fully saturated rings. The molecule has 106 valence electrons. The third-order valence-corrected chi connectivity index (χ3v) is 3.93. The van der Waals surface area contributed by atoms with Crippen LogP contribution in [0.25, 0.3) is 5.78 Å². The van der Waals surface area contributed by atoms with Crippen molar-refractivity contribution < 1.29 is 4.79 Å². The molecular formula is C14H19N5O. The van der Waals surface area contributed by atoms with Gasteiger partial charge in [-0.2, -0.15) is 0 Å². The largest absolute Gasteiger partial charge is 0.349 e. The van der Waals surface area contributed by atoms with Crippen LogP contribution in [-0.4, -0.2) is 32.0 Å². The molecule has 1 amide bonds. The molecule has 0 atom stereocenters. The monoisotopic (exact) mass is 273 g/mol. The van der Waals surface area contributed by atoms with E-state index in [2.05, 4.69) is 20.5 Å². The Labute approximate surface area is 117 Å². The average Bonchev–Trinajstić information content (AvgIpc) is 3.07. The summed E-state index contributed by atoms with van der Waals surface area (Å²) in [6.07, 6.45) is 8.10. The van der Waals surface area contributed by atoms with E-state index in [1.165, 1.54) is 25.7 Å². The fraction of sp³-hybridized carbons (Fsp3) is 0.571. The highest BCUT2D eigenvalue weighted by Gasteiger charge is 2.17. The second kappa shape index (κ2) is 5.56. The molecule has 0 aliphatic heterocycles. The summed E-state index contributed by atoms with van der Waals surface area (Å²) >= 11 is 0. The number of carbonyl (C=O) groups excluding carboxylic acids is 1. The normalized spacial score (nSPS) is 15.8. The zero-order valence-corrected chi connectivity index (χ0v) is 11.7. The van der Waals surface area contributed by atoms with Gasteiger partial charge >= 0.3 is 0 Å². The molecule has 1 aliphatic rings. The van der Waals surface area contributed by atoms with Crippen molar-refractivity contribution in [3.8, 4) is 0 Å². The number of fused-ring (bicyclic) bond motifs is 1. The van der Waals surface area contributed by atoms with Crippen molar-refractivity contribution in [1.82, 2.24) is 24.9 Å².